The number of hydrogen-bond acceptors (Lipinski definition) is 4. The predicted octanol–water partition coefficient (Wildman–Crippen LogP) is 2.48. The van der Waals surface area contributed by atoms with E-state index in [2.05, 4.69) is 54.2 Å². The number of hydrogen-bond donors (Lipinski definition) is 0. The van der Waals surface area contributed by atoms with Gasteiger partial charge in [-0.1, -0.05) is 30.3 Å². The fraction of sp³-hybridized carbons (Fsp3) is 0.545. The van der Waals surface area contributed by atoms with Crippen LogP contribution < -0.4 is 0 Å². The number of carbonyl (C=O) groups is 1. The van der Waals surface area contributed by atoms with E-state index >= 15 is 0 Å². The number of ether oxygens (including phenoxy) is 1. The first-order valence-corrected chi connectivity index (χ1v) is 10.3. The summed E-state index contributed by atoms with van der Waals surface area (Å²) in [5.74, 6) is 0.440. The predicted molar refractivity (Wildman–Crippen MR) is 108 cm³/mol. The van der Waals surface area contributed by atoms with Gasteiger partial charge in [-0.2, -0.15) is 5.10 Å². The van der Waals surface area contributed by atoms with E-state index in [4.69, 9.17) is 4.74 Å². The zero-order chi connectivity index (χ0) is 19.5. The van der Waals surface area contributed by atoms with Crippen molar-refractivity contribution in [1.29, 1.82) is 0 Å². The van der Waals surface area contributed by atoms with Gasteiger partial charge in [0.2, 0.25) is 0 Å². The van der Waals surface area contributed by atoms with Crippen LogP contribution >= 0.6 is 0 Å². The van der Waals surface area contributed by atoms with Crippen LogP contribution in [0.3, 0.4) is 0 Å². The average molecular weight is 383 g/mol. The highest BCUT2D eigenvalue weighted by atomic mass is 16.5. The third kappa shape index (κ3) is 4.13. The van der Waals surface area contributed by atoms with Crippen LogP contribution in [0.5, 0.6) is 0 Å². The first kappa shape index (κ1) is 19.2. The lowest BCUT2D eigenvalue weighted by Gasteiger charge is -2.31. The van der Waals surface area contributed by atoms with E-state index < -0.39 is 0 Å². The largest absolute Gasteiger partial charge is 0.379 e. The molecule has 1 aromatic carbocycles. The fourth-order valence-electron chi connectivity index (χ4n) is 4.34. The maximum absolute atomic E-state index is 13.3. The summed E-state index contributed by atoms with van der Waals surface area (Å²) in [4.78, 5) is 17.8. The summed E-state index contributed by atoms with van der Waals surface area (Å²) in [6.45, 7) is 8.99. The molecule has 2 bridgehead atoms. The lowest BCUT2D eigenvalue weighted by molar-refractivity contribution is 0.0406. The van der Waals surface area contributed by atoms with Gasteiger partial charge in [-0.05, 0) is 31.9 Å². The van der Waals surface area contributed by atoms with Crippen molar-refractivity contribution in [3.05, 3.63) is 53.9 Å². The van der Waals surface area contributed by atoms with Crippen molar-refractivity contribution in [3.63, 3.8) is 0 Å². The zero-order valence-electron chi connectivity index (χ0n) is 16.8. The van der Waals surface area contributed by atoms with Crippen molar-refractivity contribution < 1.29 is 9.53 Å². The molecule has 6 heteroatoms. The van der Waals surface area contributed by atoms with Crippen molar-refractivity contribution in [2.24, 2.45) is 5.92 Å². The molecule has 2 aromatic rings. The number of aromatic nitrogens is 2. The molecule has 2 atom stereocenters. The molecule has 0 aliphatic carbocycles. The highest BCUT2D eigenvalue weighted by Gasteiger charge is 2.35. The number of carbonyl (C=O) groups excluding carboxylic acids is 1. The van der Waals surface area contributed by atoms with Gasteiger partial charge < -0.3 is 9.64 Å². The SMILES string of the molecule is CC(C)n1nccc1C(=O)N1C[C@@H]2COC[C@H](C1)N(CCc1ccccc1)C2. The Hall–Kier alpha value is -2.18. The lowest BCUT2D eigenvalue weighted by Crippen LogP contribution is -2.46. The Bertz CT molecular complexity index is 789. The molecule has 2 aliphatic heterocycles. The molecule has 6 nitrogen and oxygen atoms in total. The molecule has 2 fully saturated rings. The Morgan fingerprint density at radius 1 is 1.14 bits per heavy atom. The van der Waals surface area contributed by atoms with Gasteiger partial charge in [0.15, 0.2) is 0 Å². The van der Waals surface area contributed by atoms with Crippen LogP contribution in [0.2, 0.25) is 0 Å². The van der Waals surface area contributed by atoms with Crippen LogP contribution in [0.25, 0.3) is 0 Å². The van der Waals surface area contributed by atoms with Gasteiger partial charge in [-0.15, -0.1) is 0 Å². The summed E-state index contributed by atoms with van der Waals surface area (Å²) in [5, 5.41) is 4.34. The molecule has 2 aliphatic rings. The van der Waals surface area contributed by atoms with Crippen LogP contribution in [0.15, 0.2) is 42.6 Å². The molecular weight excluding hydrogens is 352 g/mol. The lowest BCUT2D eigenvalue weighted by atomic mass is 10.1. The number of rotatable bonds is 5. The summed E-state index contributed by atoms with van der Waals surface area (Å²) < 4.78 is 7.75. The van der Waals surface area contributed by atoms with E-state index in [-0.39, 0.29) is 18.0 Å². The van der Waals surface area contributed by atoms with Gasteiger partial charge in [0.25, 0.3) is 5.91 Å². The van der Waals surface area contributed by atoms with Crippen molar-refractivity contribution >= 4 is 5.91 Å². The molecule has 1 amide bonds. The number of nitrogens with zero attached hydrogens (tertiary/aromatic N) is 4. The van der Waals surface area contributed by atoms with Gasteiger partial charge >= 0.3 is 0 Å². The molecule has 2 saturated heterocycles. The third-order valence-electron chi connectivity index (χ3n) is 5.78. The zero-order valence-corrected chi connectivity index (χ0v) is 16.8. The van der Waals surface area contributed by atoms with Crippen LogP contribution in [-0.2, 0) is 11.2 Å². The summed E-state index contributed by atoms with van der Waals surface area (Å²) in [6.07, 6.45) is 2.75. The van der Waals surface area contributed by atoms with E-state index in [1.807, 2.05) is 15.6 Å². The Labute approximate surface area is 167 Å². The Morgan fingerprint density at radius 3 is 2.75 bits per heavy atom. The molecular formula is C22H30N4O2. The van der Waals surface area contributed by atoms with Crippen molar-refractivity contribution in [2.75, 3.05) is 39.4 Å². The number of fused-ring (bicyclic) bond motifs is 3. The molecule has 150 valence electrons. The number of amides is 1. The van der Waals surface area contributed by atoms with Crippen LogP contribution in [-0.4, -0.2) is 70.9 Å². The highest BCUT2D eigenvalue weighted by Crippen LogP contribution is 2.22. The summed E-state index contributed by atoms with van der Waals surface area (Å²) in [6, 6.07) is 12.9. The number of benzene rings is 1. The van der Waals surface area contributed by atoms with Crippen molar-refractivity contribution in [3.8, 4) is 0 Å². The van der Waals surface area contributed by atoms with E-state index in [9.17, 15) is 4.79 Å². The van der Waals surface area contributed by atoms with E-state index in [0.29, 0.717) is 24.8 Å². The summed E-state index contributed by atoms with van der Waals surface area (Å²) in [7, 11) is 0. The normalized spacial score (nSPS) is 23.0. The quantitative estimate of drug-likeness (QED) is 0.797. The van der Waals surface area contributed by atoms with Crippen molar-refractivity contribution in [2.45, 2.75) is 32.4 Å². The van der Waals surface area contributed by atoms with Gasteiger partial charge in [0, 0.05) is 44.3 Å². The Morgan fingerprint density at radius 2 is 1.96 bits per heavy atom. The minimum atomic E-state index is 0.0907. The molecule has 0 unspecified atom stereocenters. The molecule has 0 radical (unpaired) electrons. The minimum absolute atomic E-state index is 0.0907. The molecule has 0 saturated carbocycles. The average Bonchev–Trinajstić information content (AvgIpc) is 3.01. The van der Waals surface area contributed by atoms with Crippen LogP contribution in [0.4, 0.5) is 0 Å². The standard InChI is InChI=1S/C22H30N4O2/c1-17(2)26-21(8-10-23-26)22(27)25-13-19-12-24(20(14-25)16-28-15-19)11-9-18-6-4-3-5-7-18/h3-8,10,17,19-20H,9,11-16H2,1-2H3/t19-,20+/m1/s1. The second kappa shape index (κ2) is 8.45. The third-order valence-corrected chi connectivity index (χ3v) is 5.78. The summed E-state index contributed by atoms with van der Waals surface area (Å²) in [5.41, 5.74) is 2.04. The summed E-state index contributed by atoms with van der Waals surface area (Å²) >= 11 is 0. The minimum Gasteiger partial charge on any atom is -0.379 e. The molecule has 1 aromatic heterocycles. The van der Waals surface area contributed by atoms with Gasteiger partial charge in [-0.25, -0.2) is 0 Å². The van der Waals surface area contributed by atoms with Crippen molar-refractivity contribution in [1.82, 2.24) is 19.6 Å². The topological polar surface area (TPSA) is 50.6 Å². The van der Waals surface area contributed by atoms with E-state index in [0.717, 1.165) is 32.7 Å². The monoisotopic (exact) mass is 382 g/mol. The second-order valence-corrected chi connectivity index (χ2v) is 8.25. The first-order chi connectivity index (χ1) is 13.6. The Kier molecular flexibility index (Phi) is 5.78. The highest BCUT2D eigenvalue weighted by molar-refractivity contribution is 5.92. The van der Waals surface area contributed by atoms with Crippen LogP contribution in [0, 0.1) is 5.92 Å². The van der Waals surface area contributed by atoms with Crippen LogP contribution in [0.1, 0.15) is 35.9 Å². The molecule has 0 spiro atoms. The van der Waals surface area contributed by atoms with Gasteiger partial charge in [0.05, 0.1) is 19.3 Å². The first-order valence-electron chi connectivity index (χ1n) is 10.3. The molecule has 3 heterocycles. The van der Waals surface area contributed by atoms with Gasteiger partial charge in [-0.3, -0.25) is 14.4 Å². The molecule has 4 rings (SSSR count). The van der Waals surface area contributed by atoms with E-state index in [1.165, 1.54) is 5.56 Å². The fourth-order valence-corrected chi connectivity index (χ4v) is 4.34. The maximum Gasteiger partial charge on any atom is 0.272 e. The Balaban J connectivity index is 1.48. The van der Waals surface area contributed by atoms with Gasteiger partial charge in [0.1, 0.15) is 5.69 Å². The maximum atomic E-state index is 13.3. The molecule has 28 heavy (non-hydrogen) atoms. The second-order valence-electron chi connectivity index (χ2n) is 8.25. The van der Waals surface area contributed by atoms with E-state index in [1.54, 1.807) is 6.20 Å². The molecule has 0 N–H and O–H groups in total. The smallest absolute Gasteiger partial charge is 0.272 e.